The number of para-hydroxylation sites is 1. The second-order valence-corrected chi connectivity index (χ2v) is 6.15. The van der Waals surface area contributed by atoms with Crippen LogP contribution < -0.4 is 10.5 Å². The van der Waals surface area contributed by atoms with Crippen LogP contribution in [0.3, 0.4) is 0 Å². The van der Waals surface area contributed by atoms with Crippen LogP contribution in [0.15, 0.2) is 34.9 Å². The van der Waals surface area contributed by atoms with Gasteiger partial charge in [-0.1, -0.05) is 42.6 Å². The fourth-order valence-electron chi connectivity index (χ4n) is 3.16. The zero-order valence-corrected chi connectivity index (χ0v) is 12.8. The maximum atomic E-state index is 6.01. The van der Waals surface area contributed by atoms with E-state index < -0.39 is 0 Å². The lowest BCUT2D eigenvalue weighted by Crippen LogP contribution is -2.35. The smallest absolute Gasteiger partial charge is 0.227 e. The summed E-state index contributed by atoms with van der Waals surface area (Å²) in [7, 11) is 0. The van der Waals surface area contributed by atoms with E-state index in [1.54, 1.807) is 0 Å². The Balaban J connectivity index is 1.58. The Bertz CT molecular complexity index is 577. The summed E-state index contributed by atoms with van der Waals surface area (Å²) in [6, 6.07) is 9.64. The van der Waals surface area contributed by atoms with Gasteiger partial charge in [-0.2, -0.15) is 4.98 Å². The fourth-order valence-corrected chi connectivity index (χ4v) is 3.16. The highest BCUT2D eigenvalue weighted by atomic mass is 16.5. The summed E-state index contributed by atoms with van der Waals surface area (Å²) in [5, 5.41) is 4.01. The molecule has 0 bridgehead atoms. The van der Waals surface area contributed by atoms with Gasteiger partial charge in [0.15, 0.2) is 6.61 Å². The van der Waals surface area contributed by atoms with E-state index in [1.807, 2.05) is 30.3 Å². The first-order chi connectivity index (χ1) is 10.8. The first kappa shape index (κ1) is 15.0. The lowest BCUT2D eigenvalue weighted by Gasteiger charge is -2.34. The molecule has 118 valence electrons. The van der Waals surface area contributed by atoms with Crippen molar-refractivity contribution in [3.63, 3.8) is 0 Å². The summed E-state index contributed by atoms with van der Waals surface area (Å²) in [6.45, 7) is 1.01. The number of rotatable bonds is 6. The van der Waals surface area contributed by atoms with E-state index in [0.717, 1.165) is 25.0 Å². The van der Waals surface area contributed by atoms with Crippen LogP contribution >= 0.6 is 0 Å². The highest BCUT2D eigenvalue weighted by Gasteiger charge is 2.32. The third kappa shape index (κ3) is 3.65. The van der Waals surface area contributed by atoms with E-state index >= 15 is 0 Å². The molecule has 5 heteroatoms. The second kappa shape index (κ2) is 6.92. The van der Waals surface area contributed by atoms with Crippen LogP contribution in [0, 0.1) is 5.41 Å². The molecule has 1 saturated carbocycles. The molecule has 5 nitrogen and oxygen atoms in total. The number of aromatic nitrogens is 2. The van der Waals surface area contributed by atoms with Gasteiger partial charge in [0.1, 0.15) is 5.75 Å². The molecule has 0 spiro atoms. The van der Waals surface area contributed by atoms with E-state index in [4.69, 9.17) is 15.0 Å². The van der Waals surface area contributed by atoms with Crippen molar-refractivity contribution in [3.05, 3.63) is 42.0 Å². The molecule has 0 aliphatic heterocycles. The van der Waals surface area contributed by atoms with Crippen molar-refractivity contribution in [2.75, 3.05) is 6.54 Å². The molecule has 1 aliphatic rings. The summed E-state index contributed by atoms with van der Waals surface area (Å²) < 4.78 is 11.0. The molecular weight excluding hydrogens is 278 g/mol. The van der Waals surface area contributed by atoms with E-state index in [1.165, 1.54) is 19.3 Å². The lowest BCUT2D eigenvalue weighted by atomic mass is 9.72. The van der Waals surface area contributed by atoms with Gasteiger partial charge in [0.2, 0.25) is 11.7 Å². The predicted molar refractivity (Wildman–Crippen MR) is 83.3 cm³/mol. The van der Waals surface area contributed by atoms with Crippen molar-refractivity contribution in [2.24, 2.45) is 11.1 Å². The molecular formula is C17H23N3O2. The monoisotopic (exact) mass is 301 g/mol. The van der Waals surface area contributed by atoms with Gasteiger partial charge in [-0.25, -0.2) is 0 Å². The highest BCUT2D eigenvalue weighted by molar-refractivity contribution is 5.20. The first-order valence-electron chi connectivity index (χ1n) is 7.99. The molecule has 3 rings (SSSR count). The molecule has 22 heavy (non-hydrogen) atoms. The Morgan fingerprint density at radius 3 is 2.64 bits per heavy atom. The van der Waals surface area contributed by atoms with Crippen LogP contribution in [0.4, 0.5) is 0 Å². The summed E-state index contributed by atoms with van der Waals surface area (Å²) in [5.74, 6) is 2.07. The molecule has 0 unspecified atom stereocenters. The standard InChI is InChI=1S/C17H23N3O2/c18-13-17(9-5-2-6-10-17)11-16-19-15(20-22-16)12-21-14-7-3-1-4-8-14/h1,3-4,7-8H,2,5-6,9-13,18H2. The summed E-state index contributed by atoms with van der Waals surface area (Å²) in [4.78, 5) is 4.45. The van der Waals surface area contributed by atoms with Gasteiger partial charge in [-0.05, 0) is 36.9 Å². The Hall–Kier alpha value is -1.88. The number of nitrogens with two attached hydrogens (primary N) is 1. The predicted octanol–water partition coefficient (Wildman–Crippen LogP) is 3.10. The normalized spacial score (nSPS) is 17.3. The Morgan fingerprint density at radius 1 is 1.14 bits per heavy atom. The number of ether oxygens (including phenoxy) is 1. The Morgan fingerprint density at radius 2 is 1.91 bits per heavy atom. The number of hydrogen-bond acceptors (Lipinski definition) is 5. The molecule has 1 aromatic carbocycles. The molecule has 2 aromatic rings. The number of nitrogens with zero attached hydrogens (tertiary/aromatic N) is 2. The first-order valence-corrected chi connectivity index (χ1v) is 7.99. The molecule has 1 aliphatic carbocycles. The van der Waals surface area contributed by atoms with Crippen molar-refractivity contribution in [2.45, 2.75) is 45.1 Å². The Kier molecular flexibility index (Phi) is 4.73. The zero-order valence-electron chi connectivity index (χ0n) is 12.8. The molecule has 0 radical (unpaired) electrons. The molecule has 1 heterocycles. The van der Waals surface area contributed by atoms with Crippen molar-refractivity contribution in [1.29, 1.82) is 0 Å². The van der Waals surface area contributed by atoms with Crippen LogP contribution in [0.2, 0.25) is 0 Å². The van der Waals surface area contributed by atoms with Gasteiger partial charge in [0.25, 0.3) is 0 Å². The minimum atomic E-state index is 0.141. The second-order valence-electron chi connectivity index (χ2n) is 6.15. The SMILES string of the molecule is NCC1(Cc2nc(COc3ccccc3)no2)CCCCC1. The van der Waals surface area contributed by atoms with Gasteiger partial charge in [-0.3, -0.25) is 0 Å². The van der Waals surface area contributed by atoms with E-state index in [2.05, 4.69) is 10.1 Å². The molecule has 1 fully saturated rings. The van der Waals surface area contributed by atoms with E-state index in [-0.39, 0.29) is 5.41 Å². The van der Waals surface area contributed by atoms with Crippen molar-refractivity contribution in [3.8, 4) is 5.75 Å². The van der Waals surface area contributed by atoms with Gasteiger partial charge < -0.3 is 15.0 Å². The Labute approximate surface area is 130 Å². The largest absolute Gasteiger partial charge is 0.485 e. The fraction of sp³-hybridized carbons (Fsp3) is 0.529. The lowest BCUT2D eigenvalue weighted by molar-refractivity contribution is 0.177. The van der Waals surface area contributed by atoms with Crippen LogP contribution in [0.1, 0.15) is 43.8 Å². The van der Waals surface area contributed by atoms with Gasteiger partial charge in [0.05, 0.1) is 0 Å². The van der Waals surface area contributed by atoms with Crippen LogP contribution in [-0.4, -0.2) is 16.7 Å². The summed E-state index contributed by atoms with van der Waals surface area (Å²) >= 11 is 0. The van der Waals surface area contributed by atoms with E-state index in [0.29, 0.717) is 24.9 Å². The maximum Gasteiger partial charge on any atom is 0.227 e. The van der Waals surface area contributed by atoms with Crippen LogP contribution in [0.5, 0.6) is 5.75 Å². The van der Waals surface area contributed by atoms with Gasteiger partial charge in [0, 0.05) is 6.42 Å². The maximum absolute atomic E-state index is 6.01. The topological polar surface area (TPSA) is 74.2 Å². The molecule has 1 aromatic heterocycles. The molecule has 2 N–H and O–H groups in total. The van der Waals surface area contributed by atoms with Crippen molar-refractivity contribution >= 4 is 0 Å². The summed E-state index contributed by atoms with van der Waals surface area (Å²) in [6.07, 6.45) is 6.89. The van der Waals surface area contributed by atoms with Crippen LogP contribution in [-0.2, 0) is 13.0 Å². The number of benzene rings is 1. The highest BCUT2D eigenvalue weighted by Crippen LogP contribution is 2.37. The minimum Gasteiger partial charge on any atom is -0.485 e. The van der Waals surface area contributed by atoms with Crippen molar-refractivity contribution < 1.29 is 9.26 Å². The third-order valence-corrected chi connectivity index (χ3v) is 4.49. The molecule has 0 saturated heterocycles. The minimum absolute atomic E-state index is 0.141. The van der Waals surface area contributed by atoms with Gasteiger partial charge in [-0.15, -0.1) is 0 Å². The average Bonchev–Trinajstić information content (AvgIpc) is 3.02. The van der Waals surface area contributed by atoms with E-state index in [9.17, 15) is 0 Å². The summed E-state index contributed by atoms with van der Waals surface area (Å²) in [5.41, 5.74) is 6.15. The zero-order chi connectivity index (χ0) is 15.3. The molecule has 0 amide bonds. The van der Waals surface area contributed by atoms with Crippen LogP contribution in [0.25, 0.3) is 0 Å². The molecule has 0 atom stereocenters. The number of hydrogen-bond donors (Lipinski definition) is 1. The third-order valence-electron chi connectivity index (χ3n) is 4.49. The average molecular weight is 301 g/mol. The van der Waals surface area contributed by atoms with Gasteiger partial charge >= 0.3 is 0 Å². The quantitative estimate of drug-likeness (QED) is 0.887. The van der Waals surface area contributed by atoms with Crippen molar-refractivity contribution in [1.82, 2.24) is 10.1 Å².